The summed E-state index contributed by atoms with van der Waals surface area (Å²) in [5.74, 6) is -5.26. The molecule has 0 radical (unpaired) electrons. The molecule has 2 aromatic heterocycles. The van der Waals surface area contributed by atoms with E-state index in [1.165, 1.54) is 42.9 Å². The largest absolute Gasteiger partial charge is 0.480 e. The number of carboxylic acid groups (broad SMARTS) is 2. The molecule has 0 unspecified atom stereocenters. The van der Waals surface area contributed by atoms with Gasteiger partial charge in [-0.2, -0.15) is 0 Å². The van der Waals surface area contributed by atoms with Gasteiger partial charge in [-0.1, -0.05) is 113 Å². The van der Waals surface area contributed by atoms with Crippen LogP contribution in [0.4, 0.5) is 8.78 Å². The van der Waals surface area contributed by atoms with Crippen molar-refractivity contribution < 1.29 is 51.8 Å². The van der Waals surface area contributed by atoms with Gasteiger partial charge in [0.15, 0.2) is 0 Å². The lowest BCUT2D eigenvalue weighted by Crippen LogP contribution is -2.51. The van der Waals surface area contributed by atoms with Crippen molar-refractivity contribution >= 4 is 52.6 Å². The van der Waals surface area contributed by atoms with E-state index in [9.17, 15) is 43.0 Å². The number of nitrogens with one attached hydrogen (secondary N) is 1. The number of nitrogens with zero attached hydrogens (tertiary/aromatic N) is 2. The third-order valence-electron chi connectivity index (χ3n) is 12.2. The minimum atomic E-state index is -1.26. The number of aromatic nitrogens is 2. The normalized spacial score (nSPS) is 13.5. The Hall–Kier alpha value is -6.59. The van der Waals surface area contributed by atoms with Crippen LogP contribution >= 0.6 is 23.2 Å². The maximum absolute atomic E-state index is 14.3. The first kappa shape index (κ1) is 57.3. The molecule has 0 saturated carbocycles. The molecule has 1 amide bonds. The van der Waals surface area contributed by atoms with Crippen LogP contribution in [0.3, 0.4) is 0 Å². The summed E-state index contributed by atoms with van der Waals surface area (Å²) in [6.07, 6.45) is 3.71. The first-order valence-electron chi connectivity index (χ1n) is 23.8. The third-order valence-corrected chi connectivity index (χ3v) is 12.7. The van der Waals surface area contributed by atoms with Crippen molar-refractivity contribution in [1.29, 1.82) is 0 Å². The standard InChI is InChI=1S/C30H35ClFN3O5.C25H26ClFN2O4/c1-16(2)25-15-40-29(35-25)26(36)13-19(12-24(30(38)39)34-28(37)27(33)17(3)4)11-18-5-7-20(8-6-18)22-14-21(31)9-10-23(22)32;1-14(2)22-13-33-24(29-22)23(30)11-16(10-21(28)25(31)32)9-15-3-5-17(6-4-15)19-12-18(26)7-8-20(19)27/h5-10,14-17,19,24,27H,11-13,33H2,1-4H3,(H,34,37)(H,38,39);3-8,12-14,16,21H,9-11,28H2,1-2H3,(H,31,32)/t19-,24-,27-;16-,21-/m11/s1. The van der Waals surface area contributed by atoms with Crippen LogP contribution in [0.5, 0.6) is 0 Å². The molecule has 0 spiro atoms. The Morgan fingerprint density at radius 2 is 1.03 bits per heavy atom. The molecule has 6 rings (SSSR count). The number of carboxylic acids is 2. The zero-order valence-electron chi connectivity index (χ0n) is 41.4. The molecule has 0 aliphatic heterocycles. The molecule has 0 saturated heterocycles. The maximum Gasteiger partial charge on any atom is 0.326 e. The van der Waals surface area contributed by atoms with Crippen LogP contribution in [0.1, 0.15) is 123 Å². The molecule has 4 aromatic carbocycles. The maximum atomic E-state index is 14.3. The van der Waals surface area contributed by atoms with E-state index in [1.807, 2.05) is 39.8 Å². The summed E-state index contributed by atoms with van der Waals surface area (Å²) >= 11 is 12.0. The number of nitrogens with two attached hydrogens (primary N) is 2. The van der Waals surface area contributed by atoms with Crippen molar-refractivity contribution in [2.45, 2.75) is 110 Å². The molecule has 0 bridgehead atoms. The quantitative estimate of drug-likeness (QED) is 0.0376. The first-order valence-corrected chi connectivity index (χ1v) is 24.6. The van der Waals surface area contributed by atoms with E-state index in [4.69, 9.17) is 43.5 Å². The highest BCUT2D eigenvalue weighted by Crippen LogP contribution is 2.30. The summed E-state index contributed by atoms with van der Waals surface area (Å²) in [5.41, 5.74) is 16.7. The number of carbonyl (C=O) groups is 5. The van der Waals surface area contributed by atoms with E-state index in [0.29, 0.717) is 56.5 Å². The lowest BCUT2D eigenvalue weighted by molar-refractivity contribution is -0.142. The number of ketones is 2. The molecule has 14 nitrogen and oxygen atoms in total. The van der Waals surface area contributed by atoms with Gasteiger partial charge in [0, 0.05) is 34.0 Å². The van der Waals surface area contributed by atoms with Gasteiger partial charge in [0.2, 0.25) is 17.5 Å². The van der Waals surface area contributed by atoms with Crippen molar-refractivity contribution in [3.8, 4) is 22.3 Å². The zero-order chi connectivity index (χ0) is 53.7. The number of amides is 1. The van der Waals surface area contributed by atoms with Crippen LogP contribution in [0, 0.1) is 29.4 Å². The van der Waals surface area contributed by atoms with Crippen LogP contribution in [0.2, 0.25) is 10.0 Å². The Balaban J connectivity index is 0.000000276. The van der Waals surface area contributed by atoms with Crippen molar-refractivity contribution in [2.24, 2.45) is 29.2 Å². The molecule has 0 aliphatic rings. The number of rotatable bonds is 23. The van der Waals surface area contributed by atoms with Gasteiger partial charge >= 0.3 is 11.9 Å². The van der Waals surface area contributed by atoms with E-state index in [-0.39, 0.29) is 78.5 Å². The number of hydrogen-bond donors (Lipinski definition) is 5. The second-order valence-electron chi connectivity index (χ2n) is 19.1. The molecular weight excluding hydrogens is 984 g/mol. The second kappa shape index (κ2) is 26.4. The topological polar surface area (TPSA) is 242 Å². The fraction of sp³-hybridized carbons (Fsp3) is 0.364. The van der Waals surface area contributed by atoms with Crippen LogP contribution in [-0.2, 0) is 27.2 Å². The third kappa shape index (κ3) is 16.7. The molecule has 0 aliphatic carbocycles. The summed E-state index contributed by atoms with van der Waals surface area (Å²) < 4.78 is 39.2. The molecule has 5 atom stereocenters. The van der Waals surface area contributed by atoms with Crippen LogP contribution in [-0.4, -0.2) is 67.7 Å². The van der Waals surface area contributed by atoms with Gasteiger partial charge in [0.1, 0.15) is 36.2 Å². The number of aliphatic carboxylic acids is 2. The lowest BCUT2D eigenvalue weighted by atomic mass is 9.87. The average molecular weight is 1050 g/mol. The van der Waals surface area contributed by atoms with Crippen LogP contribution in [0.25, 0.3) is 22.3 Å². The van der Waals surface area contributed by atoms with E-state index < -0.39 is 47.7 Å². The molecular formula is C55H61Cl2F2N5O9. The smallest absolute Gasteiger partial charge is 0.326 e. The predicted molar refractivity (Wildman–Crippen MR) is 274 cm³/mol. The van der Waals surface area contributed by atoms with E-state index in [0.717, 1.165) is 11.1 Å². The van der Waals surface area contributed by atoms with Crippen molar-refractivity contribution in [3.63, 3.8) is 0 Å². The molecule has 0 fully saturated rings. The summed E-state index contributed by atoms with van der Waals surface area (Å²) in [6.45, 7) is 11.3. The number of Topliss-reactive ketones (excluding diaryl/α,β-unsaturated/α-hetero) is 2. The molecule has 388 valence electrons. The number of carbonyl (C=O) groups excluding carboxylic acids is 3. The van der Waals surface area contributed by atoms with Crippen LogP contribution < -0.4 is 16.8 Å². The second-order valence-corrected chi connectivity index (χ2v) is 20.0. The molecule has 6 aromatic rings. The fourth-order valence-electron chi connectivity index (χ4n) is 7.87. The summed E-state index contributed by atoms with van der Waals surface area (Å²) in [6, 6.07) is 19.7. The van der Waals surface area contributed by atoms with Gasteiger partial charge in [-0.3, -0.25) is 19.2 Å². The van der Waals surface area contributed by atoms with Gasteiger partial charge < -0.3 is 35.8 Å². The summed E-state index contributed by atoms with van der Waals surface area (Å²) in [5, 5.41) is 22.5. The molecule has 7 N–H and O–H groups in total. The highest BCUT2D eigenvalue weighted by molar-refractivity contribution is 6.31. The Bertz CT molecular complexity index is 2850. The average Bonchev–Trinajstić information content (AvgIpc) is 4.06. The van der Waals surface area contributed by atoms with Gasteiger partial charge in [-0.25, -0.2) is 23.5 Å². The minimum absolute atomic E-state index is 0.0133. The van der Waals surface area contributed by atoms with E-state index >= 15 is 0 Å². The van der Waals surface area contributed by atoms with Gasteiger partial charge in [0.25, 0.3) is 11.8 Å². The van der Waals surface area contributed by atoms with Crippen LogP contribution in [0.15, 0.2) is 106 Å². The Labute approximate surface area is 432 Å². The van der Waals surface area contributed by atoms with Crippen molar-refractivity contribution in [1.82, 2.24) is 15.3 Å². The monoisotopic (exact) mass is 1040 g/mol. The lowest BCUT2D eigenvalue weighted by Gasteiger charge is -2.24. The molecule has 18 heteroatoms. The summed E-state index contributed by atoms with van der Waals surface area (Å²) in [4.78, 5) is 70.3. The van der Waals surface area contributed by atoms with Crippen molar-refractivity contribution in [3.05, 3.63) is 153 Å². The van der Waals surface area contributed by atoms with Crippen molar-refractivity contribution in [2.75, 3.05) is 0 Å². The summed E-state index contributed by atoms with van der Waals surface area (Å²) in [7, 11) is 0. The van der Waals surface area contributed by atoms with Gasteiger partial charge in [-0.15, -0.1) is 0 Å². The number of hydrogen-bond acceptors (Lipinski definition) is 11. The number of halogens is 4. The molecule has 2 heterocycles. The van der Waals surface area contributed by atoms with Gasteiger partial charge in [0.05, 0.1) is 17.4 Å². The molecule has 73 heavy (non-hydrogen) atoms. The van der Waals surface area contributed by atoms with E-state index in [2.05, 4.69) is 15.3 Å². The Kier molecular flexibility index (Phi) is 20.7. The van der Waals surface area contributed by atoms with Gasteiger partial charge in [-0.05, 0) is 114 Å². The highest BCUT2D eigenvalue weighted by atomic mass is 35.5. The number of benzene rings is 4. The predicted octanol–water partition coefficient (Wildman–Crippen LogP) is 11.1. The minimum Gasteiger partial charge on any atom is -0.480 e. The SMILES string of the molecule is CC(C)c1coc(C(=O)C[C@H](Cc2ccc(-c3cc(Cl)ccc3F)cc2)C[C@@H](N)C(=O)O)n1.CC(C)c1coc(C(=O)C[C@H](Cc2ccc(-c3cc(Cl)ccc3F)cc2)C[C@@H](NC(=O)[C@H](N)C(C)C)C(=O)O)n1. The fourth-order valence-corrected chi connectivity index (χ4v) is 8.21. The zero-order valence-corrected chi connectivity index (χ0v) is 42.9. The Morgan fingerprint density at radius 1 is 0.616 bits per heavy atom. The highest BCUT2D eigenvalue weighted by Gasteiger charge is 2.30. The van der Waals surface area contributed by atoms with E-state index in [1.54, 1.807) is 56.3 Å². The number of oxazole rings is 2. The first-order chi connectivity index (χ1) is 34.5. The Morgan fingerprint density at radius 3 is 1.38 bits per heavy atom.